The number of aliphatic hydroxyl groups is 1. The molecule has 6 heteroatoms. The number of halogens is 2. The van der Waals surface area contributed by atoms with E-state index in [2.05, 4.69) is 21.7 Å². The Bertz CT molecular complexity index is 1190. The summed E-state index contributed by atoms with van der Waals surface area (Å²) in [7, 11) is 0. The molecule has 2 atom stereocenters. The van der Waals surface area contributed by atoms with E-state index in [1.165, 1.54) is 18.9 Å². The molecule has 2 unspecified atom stereocenters. The van der Waals surface area contributed by atoms with Crippen molar-refractivity contribution < 1.29 is 14.2 Å². The number of pyridine rings is 1. The van der Waals surface area contributed by atoms with Gasteiger partial charge < -0.3 is 9.84 Å². The van der Waals surface area contributed by atoms with Gasteiger partial charge in [0.25, 0.3) is 0 Å². The van der Waals surface area contributed by atoms with Gasteiger partial charge >= 0.3 is 0 Å². The van der Waals surface area contributed by atoms with Gasteiger partial charge in [0.05, 0.1) is 6.10 Å². The molecule has 174 valence electrons. The van der Waals surface area contributed by atoms with E-state index < -0.39 is 5.82 Å². The first-order valence-electron chi connectivity index (χ1n) is 11.7. The third kappa shape index (κ3) is 5.26. The summed E-state index contributed by atoms with van der Waals surface area (Å²) in [5.74, 6) is 6.11. The molecule has 3 aromatic rings. The maximum atomic E-state index is 14.5. The number of fused-ring (bicyclic) bond motifs is 2. The maximum absolute atomic E-state index is 14.5. The van der Waals surface area contributed by atoms with Crippen LogP contribution in [0.5, 0.6) is 5.75 Å². The molecule has 2 fully saturated rings. The molecule has 2 aliphatic rings. The second-order valence-corrected chi connectivity index (χ2v) is 9.37. The summed E-state index contributed by atoms with van der Waals surface area (Å²) in [6, 6.07) is 17.1. The van der Waals surface area contributed by atoms with Gasteiger partial charge in [-0.1, -0.05) is 29.7 Å². The summed E-state index contributed by atoms with van der Waals surface area (Å²) in [5, 5.41) is 10.6. The van der Waals surface area contributed by atoms with E-state index in [9.17, 15) is 9.50 Å². The lowest BCUT2D eigenvalue weighted by atomic mass is 10.0. The third-order valence-corrected chi connectivity index (χ3v) is 6.93. The first-order valence-corrected chi connectivity index (χ1v) is 12.0. The van der Waals surface area contributed by atoms with E-state index in [1.807, 2.05) is 36.4 Å². The zero-order chi connectivity index (χ0) is 23.5. The number of benzene rings is 2. The largest absolute Gasteiger partial charge is 0.492 e. The van der Waals surface area contributed by atoms with Gasteiger partial charge in [0, 0.05) is 41.0 Å². The van der Waals surface area contributed by atoms with Gasteiger partial charge in [0.1, 0.15) is 18.1 Å². The highest BCUT2D eigenvalue weighted by molar-refractivity contribution is 6.30. The van der Waals surface area contributed by atoms with Crippen molar-refractivity contribution in [3.63, 3.8) is 0 Å². The lowest BCUT2D eigenvalue weighted by molar-refractivity contribution is 0.0288. The van der Waals surface area contributed by atoms with Crippen LogP contribution in [-0.4, -0.2) is 46.3 Å². The SMILES string of the molecule is OC1CC2CCC(C1)N2CCOc1ccc(C#Cc2ncc(-c3ccc(Cl)cc3)cc2F)cc1. The minimum atomic E-state index is -0.459. The van der Waals surface area contributed by atoms with Crippen LogP contribution >= 0.6 is 11.6 Å². The van der Waals surface area contributed by atoms with Gasteiger partial charge in [-0.3, -0.25) is 4.90 Å². The molecule has 2 aliphatic heterocycles. The Morgan fingerprint density at radius 3 is 2.38 bits per heavy atom. The standard InChI is InChI=1S/C28H26ClFN2O2/c29-22-6-4-20(5-7-22)21-15-27(30)28(31-18-21)12-3-19-1-10-26(11-2-19)34-14-13-32-23-8-9-24(32)17-25(33)16-23/h1-2,4-7,10-11,15,18,23-25,33H,8-9,13-14,16-17H2. The van der Waals surface area contributed by atoms with Crippen molar-refractivity contribution in [3.05, 3.63) is 82.9 Å². The fourth-order valence-electron chi connectivity index (χ4n) is 4.98. The highest BCUT2D eigenvalue weighted by atomic mass is 35.5. The number of piperidine rings is 1. The molecule has 3 heterocycles. The Morgan fingerprint density at radius 2 is 1.71 bits per heavy atom. The van der Waals surface area contributed by atoms with Crippen molar-refractivity contribution in [2.24, 2.45) is 0 Å². The zero-order valence-electron chi connectivity index (χ0n) is 18.8. The van der Waals surface area contributed by atoms with Crippen molar-refractivity contribution in [2.75, 3.05) is 13.2 Å². The summed E-state index contributed by atoms with van der Waals surface area (Å²) in [6.45, 7) is 1.49. The molecule has 1 aromatic heterocycles. The quantitative estimate of drug-likeness (QED) is 0.507. The summed E-state index contributed by atoms with van der Waals surface area (Å²) >= 11 is 5.91. The van der Waals surface area contributed by atoms with E-state index in [0.717, 1.165) is 36.3 Å². The van der Waals surface area contributed by atoms with Crippen LogP contribution in [-0.2, 0) is 0 Å². The van der Waals surface area contributed by atoms with Crippen LogP contribution in [0.15, 0.2) is 60.8 Å². The highest BCUT2D eigenvalue weighted by Crippen LogP contribution is 2.35. The lowest BCUT2D eigenvalue weighted by Gasteiger charge is -2.36. The highest BCUT2D eigenvalue weighted by Gasteiger charge is 2.39. The van der Waals surface area contributed by atoms with E-state index >= 15 is 0 Å². The van der Waals surface area contributed by atoms with Crippen molar-refractivity contribution in [1.82, 2.24) is 9.88 Å². The topological polar surface area (TPSA) is 45.6 Å². The molecule has 5 rings (SSSR count). The molecular formula is C28H26ClFN2O2. The van der Waals surface area contributed by atoms with Crippen LogP contribution in [0.4, 0.5) is 4.39 Å². The maximum Gasteiger partial charge on any atom is 0.158 e. The Hall–Kier alpha value is -2.91. The fourth-order valence-corrected chi connectivity index (χ4v) is 5.10. The molecule has 0 spiro atoms. The molecule has 0 saturated carbocycles. The van der Waals surface area contributed by atoms with Gasteiger partial charge in [-0.05, 0) is 79.6 Å². The summed E-state index contributed by atoms with van der Waals surface area (Å²) in [5.41, 5.74) is 2.39. The minimum Gasteiger partial charge on any atom is -0.492 e. The number of rotatable bonds is 5. The molecule has 0 radical (unpaired) electrons. The van der Waals surface area contributed by atoms with Crippen LogP contribution in [0.2, 0.25) is 5.02 Å². The normalized spacial score (nSPS) is 21.7. The molecule has 0 aliphatic carbocycles. The van der Waals surface area contributed by atoms with E-state index in [-0.39, 0.29) is 11.8 Å². The smallest absolute Gasteiger partial charge is 0.158 e. The van der Waals surface area contributed by atoms with Crippen LogP contribution in [0.3, 0.4) is 0 Å². The average Bonchev–Trinajstić information content (AvgIpc) is 3.08. The molecular weight excluding hydrogens is 451 g/mol. The Kier molecular flexibility index (Phi) is 6.82. The van der Waals surface area contributed by atoms with E-state index in [1.54, 1.807) is 18.3 Å². The Morgan fingerprint density at radius 1 is 1.00 bits per heavy atom. The number of nitrogens with zero attached hydrogens (tertiary/aromatic N) is 2. The summed E-state index contributed by atoms with van der Waals surface area (Å²) in [4.78, 5) is 6.68. The van der Waals surface area contributed by atoms with Gasteiger partial charge in [-0.2, -0.15) is 0 Å². The minimum absolute atomic E-state index is 0.110. The molecule has 2 saturated heterocycles. The Labute approximate surface area is 204 Å². The fraction of sp³-hybridized carbons (Fsp3) is 0.321. The molecule has 2 bridgehead atoms. The van der Waals surface area contributed by atoms with Crippen molar-refractivity contribution >= 4 is 11.6 Å². The van der Waals surface area contributed by atoms with Crippen molar-refractivity contribution in [2.45, 2.75) is 43.9 Å². The molecule has 0 amide bonds. The molecule has 34 heavy (non-hydrogen) atoms. The molecule has 2 aromatic carbocycles. The average molecular weight is 477 g/mol. The first-order chi connectivity index (χ1) is 16.5. The van der Waals surface area contributed by atoms with Gasteiger partial charge in [0.15, 0.2) is 5.82 Å². The van der Waals surface area contributed by atoms with E-state index in [4.69, 9.17) is 16.3 Å². The summed E-state index contributed by atoms with van der Waals surface area (Å²) in [6.07, 6.45) is 5.57. The molecule has 4 nitrogen and oxygen atoms in total. The lowest BCUT2D eigenvalue weighted by Crippen LogP contribution is -2.46. The Balaban J connectivity index is 1.17. The number of aliphatic hydroxyl groups excluding tert-OH is 1. The second-order valence-electron chi connectivity index (χ2n) is 8.93. The number of aromatic nitrogens is 1. The first kappa shape index (κ1) is 22.9. The predicted octanol–water partition coefficient (Wildman–Crippen LogP) is 5.31. The zero-order valence-corrected chi connectivity index (χ0v) is 19.5. The molecule has 1 N–H and O–H groups in total. The van der Waals surface area contributed by atoms with Crippen LogP contribution in [0.25, 0.3) is 11.1 Å². The van der Waals surface area contributed by atoms with Crippen LogP contribution in [0, 0.1) is 17.7 Å². The predicted molar refractivity (Wildman–Crippen MR) is 131 cm³/mol. The van der Waals surface area contributed by atoms with Gasteiger partial charge in [-0.25, -0.2) is 9.37 Å². The third-order valence-electron chi connectivity index (χ3n) is 6.68. The van der Waals surface area contributed by atoms with Gasteiger partial charge in [-0.15, -0.1) is 0 Å². The van der Waals surface area contributed by atoms with Crippen molar-refractivity contribution in [3.8, 4) is 28.7 Å². The number of hydrogen-bond donors (Lipinski definition) is 1. The number of ether oxygens (including phenoxy) is 1. The van der Waals surface area contributed by atoms with Crippen molar-refractivity contribution in [1.29, 1.82) is 0 Å². The second kappa shape index (κ2) is 10.1. The number of hydrogen-bond acceptors (Lipinski definition) is 4. The van der Waals surface area contributed by atoms with E-state index in [0.29, 0.717) is 29.3 Å². The monoisotopic (exact) mass is 476 g/mol. The van der Waals surface area contributed by atoms with Gasteiger partial charge in [0.2, 0.25) is 0 Å². The summed E-state index contributed by atoms with van der Waals surface area (Å²) < 4.78 is 20.5. The van der Waals surface area contributed by atoms with Crippen LogP contribution < -0.4 is 4.74 Å². The van der Waals surface area contributed by atoms with Crippen LogP contribution in [0.1, 0.15) is 36.9 Å².